The number of halogens is 1. The molecule has 0 atom stereocenters. The van der Waals surface area contributed by atoms with E-state index in [1.165, 1.54) is 0 Å². The van der Waals surface area contributed by atoms with Gasteiger partial charge in [-0.15, -0.1) is 24.0 Å². The molecule has 0 saturated carbocycles. The molecular weight excluding hydrogens is 240 g/mol. The van der Waals surface area contributed by atoms with Crippen molar-refractivity contribution < 1.29 is 32.7 Å². The normalized spacial score (nSPS) is 0. The van der Waals surface area contributed by atoms with E-state index in [0.717, 1.165) is 0 Å². The monoisotopic (exact) mass is 247 g/mol. The van der Waals surface area contributed by atoms with Gasteiger partial charge in [-0.05, 0) is 0 Å². The standard InChI is InChI=1S/2CH3.HI.Y/h2*1H3;1H;/q2*-1;;. The Kier molecular flexibility index (Phi) is 214. The minimum absolute atomic E-state index is 0. The smallest absolute Gasteiger partial charge is 0 e. The van der Waals surface area contributed by atoms with Crippen LogP contribution < -0.4 is 0 Å². The van der Waals surface area contributed by atoms with Gasteiger partial charge in [0.1, 0.15) is 0 Å². The molecule has 0 fully saturated rings. The third-order valence-corrected chi connectivity index (χ3v) is 0. The quantitative estimate of drug-likeness (QED) is 0.449. The molecule has 0 N–H and O–H groups in total. The minimum Gasteiger partial charge on any atom is -0.358 e. The van der Waals surface area contributed by atoms with Gasteiger partial charge in [0, 0.05) is 32.7 Å². The Morgan fingerprint density at radius 2 is 0.750 bits per heavy atom. The van der Waals surface area contributed by atoms with E-state index < -0.39 is 0 Å². The van der Waals surface area contributed by atoms with Gasteiger partial charge in [-0.3, -0.25) is 0 Å². The van der Waals surface area contributed by atoms with E-state index in [1.54, 1.807) is 0 Å². The van der Waals surface area contributed by atoms with Crippen molar-refractivity contribution in [3.8, 4) is 0 Å². The van der Waals surface area contributed by atoms with Crippen LogP contribution in [0.5, 0.6) is 0 Å². The summed E-state index contributed by atoms with van der Waals surface area (Å²) in [6.07, 6.45) is 0. The molecule has 0 unspecified atom stereocenters. The SMILES string of the molecule is I.[CH3-].[CH3-].[Y]. The summed E-state index contributed by atoms with van der Waals surface area (Å²) >= 11 is 0. The van der Waals surface area contributed by atoms with Gasteiger partial charge in [0.05, 0.1) is 0 Å². The Bertz CT molecular complexity index is 6.00. The van der Waals surface area contributed by atoms with Crippen LogP contribution in [0.4, 0.5) is 0 Å². The molecule has 0 spiro atoms. The van der Waals surface area contributed by atoms with Crippen LogP contribution in [0, 0.1) is 14.9 Å². The molecule has 1 radical (unpaired) electrons. The van der Waals surface area contributed by atoms with Crippen LogP contribution in [-0.2, 0) is 32.7 Å². The maximum Gasteiger partial charge on any atom is 0 e. The summed E-state index contributed by atoms with van der Waals surface area (Å²) in [5, 5.41) is 0. The molecule has 0 rings (SSSR count). The first-order chi connectivity index (χ1) is 0. The Morgan fingerprint density at radius 1 is 0.750 bits per heavy atom. The van der Waals surface area contributed by atoms with E-state index in [9.17, 15) is 0 Å². The van der Waals surface area contributed by atoms with Crippen LogP contribution in [0.1, 0.15) is 0 Å². The zero-order valence-electron chi connectivity index (χ0n) is 2.99. The zero-order valence-corrected chi connectivity index (χ0v) is 8.15. The number of hydrogen-bond donors (Lipinski definition) is 0. The summed E-state index contributed by atoms with van der Waals surface area (Å²) in [6, 6.07) is 0. The van der Waals surface area contributed by atoms with Gasteiger partial charge in [-0.2, -0.15) is 0 Å². The molecule has 0 amide bonds. The Hall–Kier alpha value is 1.83. The number of hydrogen-bond acceptors (Lipinski definition) is 0. The zero-order chi connectivity index (χ0) is 0. The topological polar surface area (TPSA) is 0 Å². The molecule has 0 heterocycles. The molecule has 0 bridgehead atoms. The van der Waals surface area contributed by atoms with E-state index in [1.807, 2.05) is 0 Å². The molecule has 0 aromatic rings. The molecule has 0 aliphatic carbocycles. The Balaban J connectivity index is 0. The van der Waals surface area contributed by atoms with Crippen LogP contribution in [0.3, 0.4) is 0 Å². The maximum absolute atomic E-state index is 0. The van der Waals surface area contributed by atoms with E-state index in [-0.39, 0.29) is 71.5 Å². The van der Waals surface area contributed by atoms with Crippen LogP contribution >= 0.6 is 24.0 Å². The number of rotatable bonds is 0. The molecule has 0 saturated heterocycles. The van der Waals surface area contributed by atoms with Crippen molar-refractivity contribution in [2.75, 3.05) is 0 Å². The summed E-state index contributed by atoms with van der Waals surface area (Å²) < 4.78 is 0. The van der Waals surface area contributed by atoms with E-state index >= 15 is 0 Å². The first-order valence-electron chi connectivity index (χ1n) is 0. The van der Waals surface area contributed by atoms with Gasteiger partial charge in [0.25, 0.3) is 0 Å². The van der Waals surface area contributed by atoms with Crippen LogP contribution in [-0.4, -0.2) is 0 Å². The van der Waals surface area contributed by atoms with Crippen molar-refractivity contribution in [2.45, 2.75) is 0 Å². The predicted molar refractivity (Wildman–Crippen MR) is 28.2 cm³/mol. The van der Waals surface area contributed by atoms with E-state index in [2.05, 4.69) is 0 Å². The maximum atomic E-state index is 0. The van der Waals surface area contributed by atoms with Crippen molar-refractivity contribution in [1.29, 1.82) is 0 Å². The van der Waals surface area contributed by atoms with Crippen molar-refractivity contribution >= 4 is 24.0 Å². The van der Waals surface area contributed by atoms with Crippen molar-refractivity contribution in [2.24, 2.45) is 0 Å². The molecule has 27 valence electrons. The van der Waals surface area contributed by atoms with Gasteiger partial charge >= 0.3 is 0 Å². The van der Waals surface area contributed by atoms with Crippen molar-refractivity contribution in [1.82, 2.24) is 0 Å². The predicted octanol–water partition coefficient (Wildman–Crippen LogP) is 1.52. The van der Waals surface area contributed by atoms with Crippen molar-refractivity contribution in [3.05, 3.63) is 14.9 Å². The van der Waals surface area contributed by atoms with E-state index in [4.69, 9.17) is 0 Å². The average molecular weight is 247 g/mol. The Morgan fingerprint density at radius 3 is 0.750 bits per heavy atom. The molecule has 0 aliphatic rings. The molecule has 2 heteroatoms. The summed E-state index contributed by atoms with van der Waals surface area (Å²) in [6.45, 7) is 0. The summed E-state index contributed by atoms with van der Waals surface area (Å²) in [7, 11) is 0. The summed E-state index contributed by atoms with van der Waals surface area (Å²) in [5.41, 5.74) is 0. The van der Waals surface area contributed by atoms with Crippen LogP contribution in [0.15, 0.2) is 0 Å². The molecule has 0 nitrogen and oxygen atoms in total. The minimum atomic E-state index is 0. The third kappa shape index (κ3) is 9.16. The molecule has 0 aromatic carbocycles. The fraction of sp³-hybridized carbons (Fsp3) is 0. The molecule has 0 aromatic heterocycles. The summed E-state index contributed by atoms with van der Waals surface area (Å²) in [4.78, 5) is 0. The van der Waals surface area contributed by atoms with Gasteiger partial charge < -0.3 is 14.9 Å². The Labute approximate surface area is 70.6 Å². The van der Waals surface area contributed by atoms with Crippen molar-refractivity contribution in [3.63, 3.8) is 0 Å². The second-order valence-corrected chi connectivity index (χ2v) is 0. The van der Waals surface area contributed by atoms with Crippen LogP contribution in [0.25, 0.3) is 0 Å². The second kappa shape index (κ2) is 21.1. The third-order valence-electron chi connectivity index (χ3n) is 0. The molecular formula is C2H7IY-2. The fourth-order valence-electron chi connectivity index (χ4n) is 0. The largest absolute Gasteiger partial charge is 0.358 e. The first kappa shape index (κ1) is 40.5. The van der Waals surface area contributed by atoms with Crippen LogP contribution in [0.2, 0.25) is 0 Å². The van der Waals surface area contributed by atoms with Gasteiger partial charge in [0.2, 0.25) is 0 Å². The molecule has 4 heavy (non-hydrogen) atoms. The average Bonchev–Trinajstić information content (AvgIpc) is 0. The van der Waals surface area contributed by atoms with Gasteiger partial charge in [0.15, 0.2) is 0 Å². The fourth-order valence-corrected chi connectivity index (χ4v) is 0. The van der Waals surface area contributed by atoms with Gasteiger partial charge in [-0.25, -0.2) is 0 Å². The second-order valence-electron chi connectivity index (χ2n) is 0. The first-order valence-corrected chi connectivity index (χ1v) is 0. The molecule has 0 aliphatic heterocycles. The van der Waals surface area contributed by atoms with Gasteiger partial charge in [-0.1, -0.05) is 0 Å². The summed E-state index contributed by atoms with van der Waals surface area (Å²) in [5.74, 6) is 0. The van der Waals surface area contributed by atoms with E-state index in [0.29, 0.717) is 0 Å².